The third-order valence-corrected chi connectivity index (χ3v) is 21.0. The number of unbranched alkanes of at least 4 members (excludes halogenated alkanes) is 51. The topological polar surface area (TPSA) is 237 Å². The third-order valence-electron chi connectivity index (χ3n) is 19.1. The molecule has 0 aliphatic rings. The third kappa shape index (κ3) is 72.8. The van der Waals surface area contributed by atoms with Gasteiger partial charge in [-0.25, -0.2) is 9.13 Å². The van der Waals surface area contributed by atoms with Crippen LogP contribution in [-0.4, -0.2) is 96.7 Å². The summed E-state index contributed by atoms with van der Waals surface area (Å²) in [4.78, 5) is 72.8. The van der Waals surface area contributed by atoms with Gasteiger partial charge in [0.1, 0.15) is 19.3 Å². The summed E-state index contributed by atoms with van der Waals surface area (Å²) < 4.78 is 68.6. The molecule has 0 amide bonds. The fourth-order valence-electron chi connectivity index (χ4n) is 12.4. The first-order valence-corrected chi connectivity index (χ1v) is 44.7. The van der Waals surface area contributed by atoms with E-state index in [0.717, 1.165) is 109 Å². The van der Waals surface area contributed by atoms with Crippen molar-refractivity contribution in [1.29, 1.82) is 0 Å². The zero-order chi connectivity index (χ0) is 72.7. The molecule has 0 rings (SSSR count). The van der Waals surface area contributed by atoms with Gasteiger partial charge >= 0.3 is 39.5 Å². The lowest BCUT2D eigenvalue weighted by atomic mass is 9.99. The van der Waals surface area contributed by atoms with Crippen LogP contribution in [0.4, 0.5) is 0 Å². The van der Waals surface area contributed by atoms with Gasteiger partial charge in [0.05, 0.1) is 26.4 Å². The molecule has 0 radical (unpaired) electrons. The van der Waals surface area contributed by atoms with Gasteiger partial charge in [-0.1, -0.05) is 375 Å². The minimum atomic E-state index is -4.96. The molecule has 0 fully saturated rings. The van der Waals surface area contributed by atoms with Gasteiger partial charge in [0.15, 0.2) is 12.2 Å². The SMILES string of the molecule is CCCCCCCCCCCCCCCCCCC(=O)OC[C@H](COP(=O)(O)OC[C@@H](O)COP(=O)(O)OC[C@@H](COC(=O)CCCCCCCCC)OC(=O)CCCCCCCCCCCCCCCC)OC(=O)CCCCCCCCCCCCCCCCCCCCC(C)CC. The van der Waals surface area contributed by atoms with Gasteiger partial charge in [-0.3, -0.25) is 37.3 Å². The number of aliphatic hydroxyl groups is 1. The number of ether oxygens (including phenoxy) is 4. The van der Waals surface area contributed by atoms with Crippen LogP contribution in [0.2, 0.25) is 0 Å². The zero-order valence-electron chi connectivity index (χ0n) is 64.6. The summed E-state index contributed by atoms with van der Waals surface area (Å²) in [6, 6.07) is 0. The quantitative estimate of drug-likeness (QED) is 0.0222. The predicted molar refractivity (Wildman–Crippen MR) is 405 cm³/mol. The van der Waals surface area contributed by atoms with E-state index in [1.54, 1.807) is 0 Å². The first-order valence-electron chi connectivity index (χ1n) is 41.7. The van der Waals surface area contributed by atoms with Gasteiger partial charge < -0.3 is 33.8 Å². The molecule has 0 aromatic carbocycles. The van der Waals surface area contributed by atoms with Gasteiger partial charge in [-0.05, 0) is 31.6 Å². The molecule has 0 saturated heterocycles. The zero-order valence-corrected chi connectivity index (χ0v) is 66.4. The fourth-order valence-corrected chi connectivity index (χ4v) is 14.0. The molecule has 0 aromatic heterocycles. The Morgan fingerprint density at radius 3 is 0.717 bits per heavy atom. The Hall–Kier alpha value is -1.94. The smallest absolute Gasteiger partial charge is 0.462 e. The van der Waals surface area contributed by atoms with E-state index in [-0.39, 0.29) is 25.7 Å². The molecular formula is C80H156O17P2. The van der Waals surface area contributed by atoms with Crippen LogP contribution in [-0.2, 0) is 65.4 Å². The minimum Gasteiger partial charge on any atom is -0.462 e. The summed E-state index contributed by atoms with van der Waals surface area (Å²) >= 11 is 0. The molecule has 99 heavy (non-hydrogen) atoms. The first-order chi connectivity index (χ1) is 48.1. The van der Waals surface area contributed by atoms with Crippen LogP contribution in [0.15, 0.2) is 0 Å². The molecule has 0 aliphatic heterocycles. The van der Waals surface area contributed by atoms with Crippen LogP contribution >= 0.6 is 15.6 Å². The van der Waals surface area contributed by atoms with Crippen molar-refractivity contribution in [2.75, 3.05) is 39.6 Å². The van der Waals surface area contributed by atoms with E-state index in [9.17, 15) is 43.2 Å². The van der Waals surface area contributed by atoms with E-state index in [0.29, 0.717) is 25.7 Å². The molecule has 3 N–H and O–H groups in total. The number of hydrogen-bond acceptors (Lipinski definition) is 15. The lowest BCUT2D eigenvalue weighted by Crippen LogP contribution is -2.30. The van der Waals surface area contributed by atoms with Crippen molar-refractivity contribution in [2.24, 2.45) is 5.92 Å². The highest BCUT2D eigenvalue weighted by Gasteiger charge is 2.30. The maximum atomic E-state index is 13.1. The van der Waals surface area contributed by atoms with Crippen LogP contribution in [0.25, 0.3) is 0 Å². The average Bonchev–Trinajstić information content (AvgIpc) is 1.01. The Kier molecular flexibility index (Phi) is 71.6. The Balaban J connectivity index is 5.16. The van der Waals surface area contributed by atoms with Gasteiger partial charge in [0, 0.05) is 25.7 Å². The molecule has 0 aliphatic carbocycles. The molecular weight excluding hydrogens is 1290 g/mol. The van der Waals surface area contributed by atoms with Crippen molar-refractivity contribution in [3.8, 4) is 0 Å². The molecule has 0 bridgehead atoms. The maximum Gasteiger partial charge on any atom is 0.472 e. The lowest BCUT2D eigenvalue weighted by molar-refractivity contribution is -0.161. The Morgan fingerprint density at radius 1 is 0.283 bits per heavy atom. The molecule has 0 heterocycles. The summed E-state index contributed by atoms with van der Waals surface area (Å²) in [6.45, 7) is 7.35. The predicted octanol–water partition coefficient (Wildman–Crippen LogP) is 24.0. The van der Waals surface area contributed by atoms with Crippen LogP contribution in [0, 0.1) is 5.92 Å². The van der Waals surface area contributed by atoms with E-state index < -0.39 is 97.5 Å². The average molecular weight is 1450 g/mol. The summed E-state index contributed by atoms with van der Waals surface area (Å²) in [6.07, 6.45) is 63.9. The number of hydrogen-bond donors (Lipinski definition) is 3. The molecule has 17 nitrogen and oxygen atoms in total. The number of phosphoric ester groups is 2. The van der Waals surface area contributed by atoms with E-state index in [2.05, 4.69) is 34.6 Å². The summed E-state index contributed by atoms with van der Waals surface area (Å²) in [5, 5.41) is 10.6. The van der Waals surface area contributed by atoms with Crippen LogP contribution in [0.3, 0.4) is 0 Å². The van der Waals surface area contributed by atoms with Crippen LogP contribution < -0.4 is 0 Å². The minimum absolute atomic E-state index is 0.108. The summed E-state index contributed by atoms with van der Waals surface area (Å²) in [7, 11) is -9.91. The Labute approximate surface area is 607 Å². The molecule has 588 valence electrons. The van der Waals surface area contributed by atoms with Gasteiger partial charge in [-0.15, -0.1) is 0 Å². The monoisotopic (exact) mass is 1450 g/mol. The van der Waals surface area contributed by atoms with Crippen molar-refractivity contribution in [1.82, 2.24) is 0 Å². The highest BCUT2D eigenvalue weighted by molar-refractivity contribution is 7.47. The van der Waals surface area contributed by atoms with Gasteiger partial charge in [-0.2, -0.15) is 0 Å². The second kappa shape index (κ2) is 73.0. The lowest BCUT2D eigenvalue weighted by Gasteiger charge is -2.21. The van der Waals surface area contributed by atoms with Crippen LogP contribution in [0.1, 0.15) is 426 Å². The number of phosphoric acid groups is 2. The van der Waals surface area contributed by atoms with Crippen molar-refractivity contribution < 1.29 is 80.2 Å². The van der Waals surface area contributed by atoms with E-state index in [1.165, 1.54) is 238 Å². The largest absolute Gasteiger partial charge is 0.472 e. The fraction of sp³-hybridized carbons (Fsp3) is 0.950. The first kappa shape index (κ1) is 97.1. The second-order valence-corrected chi connectivity index (χ2v) is 32.0. The van der Waals surface area contributed by atoms with Gasteiger partial charge in [0.2, 0.25) is 0 Å². The highest BCUT2D eigenvalue weighted by Crippen LogP contribution is 2.45. The number of carbonyl (C=O) groups excluding carboxylic acids is 4. The maximum absolute atomic E-state index is 13.1. The molecule has 3 unspecified atom stereocenters. The van der Waals surface area contributed by atoms with E-state index >= 15 is 0 Å². The van der Waals surface area contributed by atoms with Crippen LogP contribution in [0.5, 0.6) is 0 Å². The van der Waals surface area contributed by atoms with E-state index in [4.69, 9.17) is 37.0 Å². The number of esters is 4. The molecule has 19 heteroatoms. The van der Waals surface area contributed by atoms with E-state index in [1.807, 2.05) is 0 Å². The Morgan fingerprint density at radius 2 is 0.485 bits per heavy atom. The molecule has 0 aromatic rings. The van der Waals surface area contributed by atoms with Gasteiger partial charge in [0.25, 0.3) is 0 Å². The molecule has 0 spiro atoms. The number of aliphatic hydroxyl groups excluding tert-OH is 1. The number of carbonyl (C=O) groups is 4. The van der Waals surface area contributed by atoms with Crippen molar-refractivity contribution in [3.05, 3.63) is 0 Å². The standard InChI is InChI=1S/C80H156O17P2/c1-6-10-13-16-19-21-23-25-27-33-37-40-44-49-54-59-64-78(83)91-70-76(97-80(85)66-61-56-51-46-42-38-34-31-29-28-30-32-35-39-43-48-52-57-62-73(5)9-4)72-95-99(88,89)93-68-74(81)67-92-98(86,87)94-71-75(69-90-77(82)63-58-53-47-18-15-12-8-3)96-79(84)65-60-55-50-45-41-36-26-24-22-20-17-14-11-7-2/h73-76,81H,6-72H2,1-5H3,(H,86,87)(H,88,89)/t73?,74-,75+,76+/m0/s1. The molecule has 0 saturated carbocycles. The summed E-state index contributed by atoms with van der Waals surface area (Å²) in [5.41, 5.74) is 0. The second-order valence-electron chi connectivity index (χ2n) is 29.1. The molecule has 6 atom stereocenters. The van der Waals surface area contributed by atoms with Crippen molar-refractivity contribution >= 4 is 39.5 Å². The van der Waals surface area contributed by atoms with Crippen molar-refractivity contribution in [3.63, 3.8) is 0 Å². The Bertz CT molecular complexity index is 1890. The summed E-state index contributed by atoms with van der Waals surface area (Å²) in [5.74, 6) is -1.24. The highest BCUT2D eigenvalue weighted by atomic mass is 31.2. The number of rotatable bonds is 80. The van der Waals surface area contributed by atoms with Crippen molar-refractivity contribution in [2.45, 2.75) is 445 Å². The normalized spacial score (nSPS) is 14.1.